The van der Waals surface area contributed by atoms with Crippen LogP contribution in [0.25, 0.3) is 0 Å². The zero-order valence-corrected chi connectivity index (χ0v) is 18.9. The van der Waals surface area contributed by atoms with Gasteiger partial charge in [0.1, 0.15) is 0 Å². The lowest BCUT2D eigenvalue weighted by molar-refractivity contribution is 0.185. The van der Waals surface area contributed by atoms with E-state index < -0.39 is 11.6 Å². The third-order valence-electron chi connectivity index (χ3n) is 6.14. The smallest absolute Gasteiger partial charge is 0.318 e. The highest BCUT2D eigenvalue weighted by molar-refractivity contribution is 5.75. The number of amides is 2. The van der Waals surface area contributed by atoms with Crippen molar-refractivity contribution in [3.8, 4) is 0 Å². The van der Waals surface area contributed by atoms with Gasteiger partial charge in [0.25, 0.3) is 0 Å². The lowest BCUT2D eigenvalue weighted by Gasteiger charge is -2.30. The number of nitrogens with zero attached hydrogens (tertiary/aromatic N) is 4. The number of urea groups is 1. The van der Waals surface area contributed by atoms with Gasteiger partial charge in [-0.05, 0) is 43.5 Å². The van der Waals surface area contributed by atoms with E-state index in [1.54, 1.807) is 11.0 Å². The fourth-order valence-corrected chi connectivity index (χ4v) is 4.49. The Hall–Kier alpha value is -2.85. The number of hydrogen-bond acceptors (Lipinski definition) is 6. The fourth-order valence-electron chi connectivity index (χ4n) is 4.49. The monoisotopic (exact) mass is 460 g/mol. The molecule has 4 rings (SSSR count). The Balaban J connectivity index is 1.47. The molecule has 0 unspecified atom stereocenters. The molecular formula is C23H30F2N6O2. The van der Waals surface area contributed by atoms with Crippen molar-refractivity contribution in [3.63, 3.8) is 0 Å². The van der Waals surface area contributed by atoms with Crippen molar-refractivity contribution < 1.29 is 18.7 Å². The van der Waals surface area contributed by atoms with Crippen molar-refractivity contribution in [2.75, 3.05) is 38.1 Å². The van der Waals surface area contributed by atoms with Gasteiger partial charge in [0.15, 0.2) is 11.6 Å². The second-order valence-corrected chi connectivity index (χ2v) is 8.96. The molecule has 1 aromatic carbocycles. The summed E-state index contributed by atoms with van der Waals surface area (Å²) in [5.74, 6) is -1.47. The van der Waals surface area contributed by atoms with Crippen LogP contribution in [0.1, 0.15) is 36.6 Å². The van der Waals surface area contributed by atoms with Crippen LogP contribution in [-0.4, -0.2) is 75.8 Å². The van der Waals surface area contributed by atoms with Gasteiger partial charge in [0, 0.05) is 44.3 Å². The van der Waals surface area contributed by atoms with Crippen molar-refractivity contribution >= 4 is 12.0 Å². The van der Waals surface area contributed by atoms with Crippen LogP contribution in [-0.2, 0) is 13.0 Å². The summed E-state index contributed by atoms with van der Waals surface area (Å²) < 4.78 is 27.3. The molecule has 2 atom stereocenters. The Morgan fingerprint density at radius 2 is 2.09 bits per heavy atom. The number of β-amino-alcohol motifs (C(OH)–C–C–N with tert-alkyl or cyclic N) is 1. The number of hydrogen-bond donors (Lipinski definition) is 3. The summed E-state index contributed by atoms with van der Waals surface area (Å²) in [6, 6.07) is 3.55. The lowest BCUT2D eigenvalue weighted by Crippen LogP contribution is -2.49. The summed E-state index contributed by atoms with van der Waals surface area (Å²) in [4.78, 5) is 25.8. The Kier molecular flexibility index (Phi) is 7.04. The number of anilines is 1. The summed E-state index contributed by atoms with van der Waals surface area (Å²) in [5.41, 5.74) is 2.48. The predicted octanol–water partition coefficient (Wildman–Crippen LogP) is 2.10. The third-order valence-corrected chi connectivity index (χ3v) is 6.14. The molecule has 33 heavy (non-hydrogen) atoms. The number of carbonyl (C=O) groups excluding carboxylic acids is 1. The molecule has 2 aliphatic rings. The van der Waals surface area contributed by atoms with Crippen LogP contribution in [0.15, 0.2) is 24.4 Å². The largest absolute Gasteiger partial charge is 0.395 e. The SMILES string of the molecule is CC(C)Nc1ncc2c(n1)CN(C(=O)N[C@@H]1CN(CCO)C[C@H]1c1ccc(F)c(F)c1)CC2. The molecule has 0 radical (unpaired) electrons. The van der Waals surface area contributed by atoms with Crippen LogP contribution in [0.5, 0.6) is 0 Å². The molecule has 1 fully saturated rings. The van der Waals surface area contributed by atoms with Gasteiger partial charge in [0.05, 0.1) is 24.9 Å². The summed E-state index contributed by atoms with van der Waals surface area (Å²) in [6.45, 7) is 6.43. The molecule has 0 aliphatic carbocycles. The minimum absolute atomic E-state index is 0.0134. The van der Waals surface area contributed by atoms with Gasteiger partial charge in [-0.3, -0.25) is 4.90 Å². The Morgan fingerprint density at radius 3 is 2.82 bits per heavy atom. The highest BCUT2D eigenvalue weighted by Gasteiger charge is 2.36. The number of halogens is 2. The maximum absolute atomic E-state index is 13.9. The van der Waals surface area contributed by atoms with E-state index in [1.165, 1.54) is 6.07 Å². The fraction of sp³-hybridized carbons (Fsp3) is 0.522. The number of aromatic nitrogens is 2. The summed E-state index contributed by atoms with van der Waals surface area (Å²) in [7, 11) is 0. The van der Waals surface area contributed by atoms with Crippen LogP contribution in [0.2, 0.25) is 0 Å². The molecule has 1 aromatic heterocycles. The van der Waals surface area contributed by atoms with Crippen LogP contribution < -0.4 is 10.6 Å². The van der Waals surface area contributed by atoms with Gasteiger partial charge in [0.2, 0.25) is 5.95 Å². The van der Waals surface area contributed by atoms with E-state index in [4.69, 9.17) is 0 Å². The maximum atomic E-state index is 13.9. The van der Waals surface area contributed by atoms with Gasteiger partial charge in [-0.1, -0.05) is 6.07 Å². The number of nitrogens with one attached hydrogen (secondary N) is 2. The van der Waals surface area contributed by atoms with Gasteiger partial charge >= 0.3 is 6.03 Å². The molecular weight excluding hydrogens is 430 g/mol. The first-order chi connectivity index (χ1) is 15.8. The number of aliphatic hydroxyl groups excluding tert-OH is 1. The van der Waals surface area contributed by atoms with E-state index in [-0.39, 0.29) is 30.6 Å². The second kappa shape index (κ2) is 9.96. The summed E-state index contributed by atoms with van der Waals surface area (Å²) in [5, 5.41) is 15.6. The third kappa shape index (κ3) is 5.39. The quantitative estimate of drug-likeness (QED) is 0.612. The zero-order chi connectivity index (χ0) is 23.5. The maximum Gasteiger partial charge on any atom is 0.318 e. The van der Waals surface area contributed by atoms with Crippen molar-refractivity contribution in [2.45, 2.75) is 44.8 Å². The molecule has 178 valence electrons. The first kappa shape index (κ1) is 23.3. The molecule has 2 aliphatic heterocycles. The first-order valence-electron chi connectivity index (χ1n) is 11.3. The van der Waals surface area contributed by atoms with E-state index in [0.29, 0.717) is 50.7 Å². The van der Waals surface area contributed by atoms with Gasteiger partial charge in [-0.2, -0.15) is 0 Å². The molecule has 2 aromatic rings. The molecule has 1 saturated heterocycles. The first-order valence-corrected chi connectivity index (χ1v) is 11.3. The standard InChI is InChI=1S/C23H30F2N6O2/c1-14(2)27-22-26-10-16-5-6-31(13-20(16)28-22)23(33)29-21-12-30(7-8-32)11-17(21)15-3-4-18(24)19(25)9-15/h3-4,9-10,14,17,21,32H,5-8,11-13H2,1-2H3,(H,29,33)(H,26,27,28)/t17-,21+/m0/s1. The van der Waals surface area contributed by atoms with Crippen molar-refractivity contribution in [1.82, 2.24) is 25.1 Å². The molecule has 2 amide bonds. The second-order valence-electron chi connectivity index (χ2n) is 8.96. The van der Waals surface area contributed by atoms with E-state index in [9.17, 15) is 18.7 Å². The highest BCUT2D eigenvalue weighted by atomic mass is 19.2. The van der Waals surface area contributed by atoms with Crippen LogP contribution >= 0.6 is 0 Å². The number of rotatable bonds is 6. The number of aliphatic hydroxyl groups is 1. The number of benzene rings is 1. The Bertz CT molecular complexity index is 1000. The van der Waals surface area contributed by atoms with Crippen LogP contribution in [0.4, 0.5) is 19.5 Å². The zero-order valence-electron chi connectivity index (χ0n) is 18.9. The predicted molar refractivity (Wildman–Crippen MR) is 120 cm³/mol. The van der Waals surface area contributed by atoms with Crippen LogP contribution in [0, 0.1) is 11.6 Å². The van der Waals surface area contributed by atoms with E-state index >= 15 is 0 Å². The van der Waals surface area contributed by atoms with Gasteiger partial charge < -0.3 is 20.6 Å². The molecule has 0 spiro atoms. The number of carbonyl (C=O) groups is 1. The normalized spacial score (nSPS) is 20.7. The van der Waals surface area contributed by atoms with Crippen LogP contribution in [0.3, 0.4) is 0 Å². The molecule has 8 nitrogen and oxygen atoms in total. The summed E-state index contributed by atoms with van der Waals surface area (Å²) >= 11 is 0. The van der Waals surface area contributed by atoms with Crippen molar-refractivity contribution in [1.29, 1.82) is 0 Å². The van der Waals surface area contributed by atoms with Gasteiger partial charge in [-0.15, -0.1) is 0 Å². The minimum Gasteiger partial charge on any atom is -0.395 e. The van der Waals surface area contributed by atoms with Gasteiger partial charge in [-0.25, -0.2) is 23.5 Å². The summed E-state index contributed by atoms with van der Waals surface area (Å²) in [6.07, 6.45) is 2.48. The molecule has 0 bridgehead atoms. The lowest BCUT2D eigenvalue weighted by atomic mass is 9.94. The number of likely N-dealkylation sites (tertiary alicyclic amines) is 1. The van der Waals surface area contributed by atoms with Crippen molar-refractivity contribution in [3.05, 3.63) is 52.9 Å². The molecule has 3 N–H and O–H groups in total. The Labute approximate surface area is 192 Å². The topological polar surface area (TPSA) is 93.6 Å². The molecule has 3 heterocycles. The minimum atomic E-state index is -0.906. The van der Waals surface area contributed by atoms with E-state index in [1.807, 2.05) is 24.9 Å². The van der Waals surface area contributed by atoms with Crippen molar-refractivity contribution in [2.24, 2.45) is 0 Å². The molecule has 0 saturated carbocycles. The average molecular weight is 461 g/mol. The van der Waals surface area contributed by atoms with E-state index in [2.05, 4.69) is 20.6 Å². The van der Waals surface area contributed by atoms with E-state index in [0.717, 1.165) is 17.3 Å². The molecule has 10 heteroatoms. The Morgan fingerprint density at radius 1 is 1.27 bits per heavy atom. The average Bonchev–Trinajstić information content (AvgIpc) is 3.17. The number of fused-ring (bicyclic) bond motifs is 1. The highest BCUT2D eigenvalue weighted by Crippen LogP contribution is 2.29.